The van der Waals surface area contributed by atoms with E-state index in [-0.39, 0.29) is 30.9 Å². The number of carbonyl (C=O) groups is 2. The van der Waals surface area contributed by atoms with Crippen LogP contribution in [-0.4, -0.2) is 33.4 Å². The first-order valence-electron chi connectivity index (χ1n) is 9.28. The molecule has 1 aliphatic rings. The van der Waals surface area contributed by atoms with Crippen LogP contribution in [0.2, 0.25) is 0 Å². The van der Waals surface area contributed by atoms with Crippen molar-refractivity contribution in [1.82, 2.24) is 20.3 Å². The largest absolute Gasteiger partial charge is 0.550 e. The van der Waals surface area contributed by atoms with Gasteiger partial charge < -0.3 is 15.2 Å². The second-order valence-corrected chi connectivity index (χ2v) is 7.27. The summed E-state index contributed by atoms with van der Waals surface area (Å²) in [5, 5.41) is 22.3. The molecule has 1 fully saturated rings. The maximum absolute atomic E-state index is 12.4. The summed E-state index contributed by atoms with van der Waals surface area (Å²) in [7, 11) is 0. The molecule has 0 radical (unpaired) electrons. The van der Waals surface area contributed by atoms with Crippen LogP contribution < -0.4 is 16.0 Å². The average Bonchev–Trinajstić information content (AvgIpc) is 2.66. The number of aliphatic carboxylic acids is 1. The molecule has 0 aliphatic heterocycles. The van der Waals surface area contributed by atoms with Crippen molar-refractivity contribution in [2.24, 2.45) is 5.41 Å². The van der Waals surface area contributed by atoms with Gasteiger partial charge in [0.1, 0.15) is 5.52 Å². The highest BCUT2D eigenvalue weighted by molar-refractivity contribution is 5.77. The first kappa shape index (κ1) is 19.0. The summed E-state index contributed by atoms with van der Waals surface area (Å²) in [4.78, 5) is 35.7. The zero-order chi connectivity index (χ0) is 19.3. The van der Waals surface area contributed by atoms with Crippen molar-refractivity contribution >= 4 is 22.8 Å². The van der Waals surface area contributed by atoms with Crippen molar-refractivity contribution in [1.29, 1.82) is 0 Å². The number of carbonyl (C=O) groups excluding carboxylic acids is 2. The number of carboxylic acids is 1. The Labute approximate surface area is 156 Å². The molecule has 3 rings (SSSR count). The lowest BCUT2D eigenvalue weighted by Crippen LogP contribution is -2.43. The van der Waals surface area contributed by atoms with Crippen molar-refractivity contribution in [2.75, 3.05) is 6.54 Å². The van der Waals surface area contributed by atoms with Gasteiger partial charge in [-0.1, -0.05) is 36.6 Å². The Morgan fingerprint density at radius 2 is 1.93 bits per heavy atom. The average molecular weight is 371 g/mol. The molecule has 0 bridgehead atoms. The van der Waals surface area contributed by atoms with Crippen LogP contribution >= 0.6 is 0 Å². The van der Waals surface area contributed by atoms with Crippen molar-refractivity contribution < 1.29 is 14.7 Å². The van der Waals surface area contributed by atoms with Crippen molar-refractivity contribution in [3.05, 3.63) is 34.6 Å². The molecule has 27 heavy (non-hydrogen) atoms. The second-order valence-electron chi connectivity index (χ2n) is 7.27. The van der Waals surface area contributed by atoms with Crippen LogP contribution in [0.25, 0.3) is 10.9 Å². The summed E-state index contributed by atoms with van der Waals surface area (Å²) in [6.45, 7) is 0.439. The summed E-state index contributed by atoms with van der Waals surface area (Å²) in [5.41, 5.74) is -0.189. The SMILES string of the molecule is O=C([O-])CC1(CNC(=O)CCn2nnc3ccccc3c2=O)CCCCC1. The van der Waals surface area contributed by atoms with Crippen LogP contribution in [0.5, 0.6) is 0 Å². The molecule has 144 valence electrons. The maximum Gasteiger partial charge on any atom is 0.277 e. The molecule has 1 heterocycles. The molecule has 0 atom stereocenters. The lowest BCUT2D eigenvalue weighted by molar-refractivity contribution is -0.308. The number of hydrogen-bond acceptors (Lipinski definition) is 6. The number of nitrogens with zero attached hydrogens (tertiary/aromatic N) is 3. The van der Waals surface area contributed by atoms with Crippen molar-refractivity contribution in [3.8, 4) is 0 Å². The second kappa shape index (κ2) is 8.28. The highest BCUT2D eigenvalue weighted by Gasteiger charge is 2.32. The Hall–Kier alpha value is -2.77. The van der Waals surface area contributed by atoms with Gasteiger partial charge in [-0.3, -0.25) is 9.59 Å². The van der Waals surface area contributed by atoms with Crippen LogP contribution in [-0.2, 0) is 16.1 Å². The number of rotatable bonds is 7. The van der Waals surface area contributed by atoms with Gasteiger partial charge in [0.05, 0.1) is 11.9 Å². The molecule has 0 spiro atoms. The van der Waals surface area contributed by atoms with Gasteiger partial charge in [-0.2, -0.15) is 0 Å². The van der Waals surface area contributed by atoms with Crippen molar-refractivity contribution in [3.63, 3.8) is 0 Å². The van der Waals surface area contributed by atoms with Gasteiger partial charge in [0.2, 0.25) is 5.91 Å². The fraction of sp³-hybridized carbons (Fsp3) is 0.526. The van der Waals surface area contributed by atoms with Gasteiger partial charge in [0.25, 0.3) is 5.56 Å². The van der Waals surface area contributed by atoms with E-state index in [9.17, 15) is 19.5 Å². The van der Waals surface area contributed by atoms with Gasteiger partial charge in [-0.15, -0.1) is 5.10 Å². The summed E-state index contributed by atoms with van der Waals surface area (Å²) in [6.07, 6.45) is 4.60. The van der Waals surface area contributed by atoms with Gasteiger partial charge in [0, 0.05) is 18.9 Å². The number of fused-ring (bicyclic) bond motifs is 1. The third kappa shape index (κ3) is 4.69. The number of benzene rings is 1. The molecule has 1 saturated carbocycles. The molecule has 1 aromatic carbocycles. The van der Waals surface area contributed by atoms with E-state index in [0.29, 0.717) is 17.4 Å². The Morgan fingerprint density at radius 1 is 1.19 bits per heavy atom. The molecular weight excluding hydrogens is 348 g/mol. The van der Waals surface area contributed by atoms with Gasteiger partial charge in [-0.05, 0) is 36.8 Å². The molecule has 1 amide bonds. The molecule has 1 N–H and O–H groups in total. The molecule has 2 aromatic rings. The Balaban J connectivity index is 1.58. The smallest absolute Gasteiger partial charge is 0.277 e. The maximum atomic E-state index is 12.4. The summed E-state index contributed by atoms with van der Waals surface area (Å²) in [5.74, 6) is -1.32. The van der Waals surface area contributed by atoms with E-state index in [1.165, 1.54) is 4.68 Å². The first-order chi connectivity index (χ1) is 13.0. The predicted octanol–water partition coefficient (Wildman–Crippen LogP) is 0.388. The van der Waals surface area contributed by atoms with Crippen molar-refractivity contribution in [2.45, 2.75) is 51.5 Å². The fourth-order valence-corrected chi connectivity index (χ4v) is 3.78. The van der Waals surface area contributed by atoms with E-state index in [4.69, 9.17) is 0 Å². The number of aromatic nitrogens is 3. The standard InChI is InChI=1S/C19H24N4O4/c24-16(20-13-19(12-17(25)26)9-4-1-5-10-19)8-11-23-18(27)14-6-2-3-7-15(14)21-22-23/h2-3,6-7H,1,4-5,8-13H2,(H,20,24)(H,25,26)/p-1. The van der Waals surface area contributed by atoms with Crippen LogP contribution in [0.3, 0.4) is 0 Å². The highest BCUT2D eigenvalue weighted by Crippen LogP contribution is 2.38. The summed E-state index contributed by atoms with van der Waals surface area (Å²) >= 11 is 0. The monoisotopic (exact) mass is 371 g/mol. The third-order valence-electron chi connectivity index (χ3n) is 5.27. The Bertz CT molecular complexity index is 887. The molecular formula is C19H23N4O4-. The van der Waals surface area contributed by atoms with E-state index in [0.717, 1.165) is 32.1 Å². The number of carboxylic acid groups (broad SMARTS) is 1. The summed E-state index contributed by atoms with van der Waals surface area (Å²) in [6, 6.07) is 6.92. The van der Waals surface area contributed by atoms with E-state index < -0.39 is 11.4 Å². The van der Waals surface area contributed by atoms with Gasteiger partial charge >= 0.3 is 0 Å². The van der Waals surface area contributed by atoms with E-state index in [1.807, 2.05) is 0 Å². The minimum absolute atomic E-state index is 0.0388. The van der Waals surface area contributed by atoms with Crippen LogP contribution in [0.15, 0.2) is 29.1 Å². The van der Waals surface area contributed by atoms with Crippen LogP contribution in [0.1, 0.15) is 44.9 Å². The van der Waals surface area contributed by atoms with E-state index in [2.05, 4.69) is 15.6 Å². The topological polar surface area (TPSA) is 117 Å². The number of hydrogen-bond donors (Lipinski definition) is 1. The van der Waals surface area contributed by atoms with Crippen LogP contribution in [0.4, 0.5) is 0 Å². The number of amides is 1. The number of aryl methyl sites for hydroxylation is 1. The zero-order valence-electron chi connectivity index (χ0n) is 15.1. The van der Waals surface area contributed by atoms with E-state index in [1.54, 1.807) is 24.3 Å². The van der Waals surface area contributed by atoms with Gasteiger partial charge in [-0.25, -0.2) is 4.68 Å². The Kier molecular flexibility index (Phi) is 5.83. The number of nitrogens with one attached hydrogen (secondary N) is 1. The third-order valence-corrected chi connectivity index (χ3v) is 5.27. The minimum atomic E-state index is -1.08. The minimum Gasteiger partial charge on any atom is -0.550 e. The lowest BCUT2D eigenvalue weighted by Gasteiger charge is -2.37. The quantitative estimate of drug-likeness (QED) is 0.752. The molecule has 8 nitrogen and oxygen atoms in total. The first-order valence-corrected chi connectivity index (χ1v) is 9.28. The fourth-order valence-electron chi connectivity index (χ4n) is 3.78. The van der Waals surface area contributed by atoms with Crippen LogP contribution in [0, 0.1) is 5.41 Å². The molecule has 8 heteroatoms. The summed E-state index contributed by atoms with van der Waals surface area (Å²) < 4.78 is 1.18. The molecule has 1 aliphatic carbocycles. The lowest BCUT2D eigenvalue weighted by atomic mass is 9.71. The highest BCUT2D eigenvalue weighted by atomic mass is 16.4. The molecule has 0 saturated heterocycles. The zero-order valence-corrected chi connectivity index (χ0v) is 15.1. The molecule has 0 unspecified atom stereocenters. The normalized spacial score (nSPS) is 16.1. The van der Waals surface area contributed by atoms with E-state index >= 15 is 0 Å². The molecule has 1 aromatic heterocycles. The van der Waals surface area contributed by atoms with Gasteiger partial charge in [0.15, 0.2) is 0 Å². The predicted molar refractivity (Wildman–Crippen MR) is 96.6 cm³/mol. The Morgan fingerprint density at radius 3 is 2.67 bits per heavy atom.